The fraction of sp³-hybridized carbons (Fsp3) is 0.520. The quantitative estimate of drug-likeness (QED) is 0.0377. The highest BCUT2D eigenvalue weighted by atomic mass is 79.9. The largest absolute Gasteiger partial charge is 0.508 e. The summed E-state index contributed by atoms with van der Waals surface area (Å²) in [7, 11) is 0. The number of rotatable bonds is 24. The Hall–Kier alpha value is -4.12. The number of carbonyl (C=O) groups excluding carboxylic acids is 6. The summed E-state index contributed by atoms with van der Waals surface area (Å²) in [5.41, 5.74) is 0.950. The molecular formula is C50H60Br2N2O10S2. The third-order valence-corrected chi connectivity index (χ3v) is 15.2. The number of benzene rings is 2. The maximum absolute atomic E-state index is 14.7. The van der Waals surface area contributed by atoms with E-state index < -0.39 is 47.1 Å². The van der Waals surface area contributed by atoms with Crippen LogP contribution in [-0.2, 0) is 18.9 Å². The second kappa shape index (κ2) is 22.8. The van der Waals surface area contributed by atoms with Gasteiger partial charge in [-0.25, -0.2) is 9.59 Å². The number of amides is 4. The number of halogens is 2. The van der Waals surface area contributed by atoms with Crippen molar-refractivity contribution in [3.8, 4) is 20.9 Å². The van der Waals surface area contributed by atoms with Gasteiger partial charge in [-0.3, -0.25) is 29.0 Å². The number of imide groups is 2. The summed E-state index contributed by atoms with van der Waals surface area (Å²) in [5.74, 6) is -1.92. The maximum Gasteiger partial charge on any atom is 0.508 e. The van der Waals surface area contributed by atoms with Crippen LogP contribution in [0.15, 0.2) is 44.0 Å². The van der Waals surface area contributed by atoms with Crippen molar-refractivity contribution in [2.75, 3.05) is 26.3 Å². The third kappa shape index (κ3) is 12.3. The highest BCUT2D eigenvalue weighted by Crippen LogP contribution is 2.48. The van der Waals surface area contributed by atoms with Gasteiger partial charge < -0.3 is 18.9 Å². The molecular weight excluding hydrogens is 1010 g/mol. The number of hydrogen-bond acceptors (Lipinski definition) is 12. The molecule has 2 aliphatic heterocycles. The molecule has 6 rings (SSSR count). The van der Waals surface area contributed by atoms with E-state index in [4.69, 9.17) is 18.9 Å². The van der Waals surface area contributed by atoms with Crippen LogP contribution in [0.4, 0.5) is 9.59 Å². The van der Waals surface area contributed by atoms with Gasteiger partial charge in [-0.1, -0.05) is 39.5 Å². The highest BCUT2D eigenvalue weighted by Gasteiger charge is 2.43. The van der Waals surface area contributed by atoms with Crippen molar-refractivity contribution in [2.24, 2.45) is 0 Å². The Kier molecular flexibility index (Phi) is 17.7. The van der Waals surface area contributed by atoms with Crippen LogP contribution in [0.5, 0.6) is 0 Å². The lowest BCUT2D eigenvalue weighted by Gasteiger charge is -2.34. The molecule has 0 saturated heterocycles. The van der Waals surface area contributed by atoms with Gasteiger partial charge in [0.15, 0.2) is 0 Å². The van der Waals surface area contributed by atoms with Gasteiger partial charge in [-0.15, -0.1) is 22.7 Å². The van der Waals surface area contributed by atoms with Gasteiger partial charge in [0.2, 0.25) is 0 Å². The molecule has 4 amide bonds. The van der Waals surface area contributed by atoms with Crippen LogP contribution in [0.25, 0.3) is 31.7 Å². The number of nitrogens with zero attached hydrogens (tertiary/aromatic N) is 2. The molecule has 12 nitrogen and oxygen atoms in total. The van der Waals surface area contributed by atoms with E-state index in [1.165, 1.54) is 32.5 Å². The van der Waals surface area contributed by atoms with Crippen LogP contribution in [0, 0.1) is 0 Å². The fourth-order valence-corrected chi connectivity index (χ4v) is 11.3. The molecule has 0 radical (unpaired) electrons. The summed E-state index contributed by atoms with van der Waals surface area (Å²) in [6.07, 6.45) is 9.05. The topological polar surface area (TPSA) is 146 Å². The second-order valence-corrected chi connectivity index (χ2v) is 23.1. The van der Waals surface area contributed by atoms with Crippen molar-refractivity contribution < 1.29 is 47.7 Å². The Balaban J connectivity index is 1.20. The van der Waals surface area contributed by atoms with E-state index in [1.807, 2.05) is 52.0 Å². The fourth-order valence-electron chi connectivity index (χ4n) is 8.45. The summed E-state index contributed by atoms with van der Waals surface area (Å²) in [6.45, 7) is 12.4. The molecule has 0 N–H and O–H groups in total. The normalized spacial score (nSPS) is 13.8. The first kappa shape index (κ1) is 51.3. The number of hydrogen-bond donors (Lipinski definition) is 0. The molecule has 2 aliphatic rings. The molecule has 356 valence electrons. The van der Waals surface area contributed by atoms with Gasteiger partial charge in [0, 0.05) is 55.9 Å². The summed E-state index contributed by atoms with van der Waals surface area (Å²) in [6, 6.07) is 10.9. The maximum atomic E-state index is 14.7. The van der Waals surface area contributed by atoms with E-state index in [9.17, 15) is 28.8 Å². The molecule has 0 atom stereocenters. The smallest absolute Gasteiger partial charge is 0.434 e. The number of ether oxygens (including phenoxy) is 4. The predicted octanol–water partition coefficient (Wildman–Crippen LogP) is 14.4. The second-order valence-electron chi connectivity index (χ2n) is 18.1. The van der Waals surface area contributed by atoms with Crippen LogP contribution in [0.2, 0.25) is 0 Å². The van der Waals surface area contributed by atoms with Crippen molar-refractivity contribution in [3.63, 3.8) is 0 Å². The van der Waals surface area contributed by atoms with E-state index in [-0.39, 0.29) is 48.6 Å². The average molecular weight is 1070 g/mol. The van der Waals surface area contributed by atoms with E-state index >= 15 is 0 Å². The highest BCUT2D eigenvalue weighted by molar-refractivity contribution is 9.11. The van der Waals surface area contributed by atoms with Crippen LogP contribution < -0.4 is 0 Å². The Morgan fingerprint density at radius 3 is 1.26 bits per heavy atom. The first-order valence-electron chi connectivity index (χ1n) is 23.1. The van der Waals surface area contributed by atoms with Crippen molar-refractivity contribution in [1.29, 1.82) is 0 Å². The molecule has 0 aliphatic carbocycles. The molecule has 4 aromatic rings. The minimum atomic E-state index is -0.685. The molecule has 0 saturated carbocycles. The van der Waals surface area contributed by atoms with Gasteiger partial charge in [0.05, 0.1) is 31.9 Å². The zero-order chi connectivity index (χ0) is 47.8. The van der Waals surface area contributed by atoms with Crippen molar-refractivity contribution in [3.05, 3.63) is 66.2 Å². The minimum Gasteiger partial charge on any atom is -0.434 e. The Morgan fingerprint density at radius 1 is 0.530 bits per heavy atom. The standard InChI is InChI=1S/C50H60Br2N2O10S2/c1-7-9-23-49(3,4)63-47(59)61-27-17-13-11-15-25-53-43(55)33-29-32(36-20-22-38(52)66-36)42-40-34(30-31(35-19-21-37(51)65-35)41(39(33)40)45(53)57)44(56)54(46(42)58)26-16-12-14-18-28-62-48(60)64-50(5,6)24-10-8-2/h19-22,29-30H,7-18,23-28H2,1-6H3. The van der Waals surface area contributed by atoms with Crippen LogP contribution in [-0.4, -0.2) is 83.2 Å². The molecule has 2 aromatic carbocycles. The summed E-state index contributed by atoms with van der Waals surface area (Å²) in [4.78, 5) is 87.4. The average Bonchev–Trinajstić information content (AvgIpc) is 3.91. The lowest BCUT2D eigenvalue weighted by molar-refractivity contribution is -0.0228. The number of thiophene rings is 2. The van der Waals surface area contributed by atoms with Crippen LogP contribution >= 0.6 is 54.5 Å². The summed E-state index contributed by atoms with van der Waals surface area (Å²) >= 11 is 9.95. The van der Waals surface area contributed by atoms with Crippen molar-refractivity contribution in [2.45, 2.75) is 143 Å². The van der Waals surface area contributed by atoms with Gasteiger partial charge in [0.1, 0.15) is 11.2 Å². The van der Waals surface area contributed by atoms with E-state index in [0.717, 1.165) is 55.9 Å². The van der Waals surface area contributed by atoms with E-state index in [2.05, 4.69) is 45.7 Å². The zero-order valence-electron chi connectivity index (χ0n) is 38.7. The minimum absolute atomic E-state index is 0.156. The van der Waals surface area contributed by atoms with Gasteiger partial charge in [-0.2, -0.15) is 0 Å². The van der Waals surface area contributed by atoms with E-state index in [0.29, 0.717) is 73.3 Å². The first-order valence-corrected chi connectivity index (χ1v) is 26.3. The lowest BCUT2D eigenvalue weighted by Crippen LogP contribution is -2.44. The van der Waals surface area contributed by atoms with Crippen LogP contribution in [0.3, 0.4) is 0 Å². The van der Waals surface area contributed by atoms with Gasteiger partial charge >= 0.3 is 12.3 Å². The van der Waals surface area contributed by atoms with Crippen LogP contribution in [0.1, 0.15) is 173 Å². The molecule has 0 bridgehead atoms. The first-order chi connectivity index (χ1) is 31.5. The van der Waals surface area contributed by atoms with Gasteiger partial charge in [-0.05, 0) is 160 Å². The Labute approximate surface area is 412 Å². The predicted molar refractivity (Wildman–Crippen MR) is 266 cm³/mol. The SMILES string of the molecule is CCCCC(C)(C)OC(=O)OCCCCCCN1C(=O)c2cc(-c3ccc(Br)s3)c3c4c(cc(-c5ccc(Br)s5)c(c24)C1=O)C(=O)N(CCCCCCOC(=O)OC(C)(C)CCCC)C3=O. The monoisotopic (exact) mass is 1070 g/mol. The Morgan fingerprint density at radius 2 is 0.909 bits per heavy atom. The third-order valence-electron chi connectivity index (χ3n) is 11.9. The van der Waals surface area contributed by atoms with Crippen molar-refractivity contribution >= 4 is 101 Å². The summed E-state index contributed by atoms with van der Waals surface area (Å²) in [5, 5.41) is 0.645. The molecule has 2 aromatic heterocycles. The summed E-state index contributed by atoms with van der Waals surface area (Å²) < 4.78 is 23.3. The van der Waals surface area contributed by atoms with E-state index in [1.54, 1.807) is 12.1 Å². The lowest BCUT2D eigenvalue weighted by atomic mass is 9.80. The zero-order valence-corrected chi connectivity index (χ0v) is 43.5. The Bertz CT molecular complexity index is 2290. The molecule has 0 fully saturated rings. The molecule has 4 heterocycles. The molecule has 0 spiro atoms. The number of carbonyl (C=O) groups is 6. The van der Waals surface area contributed by atoms with Crippen molar-refractivity contribution in [1.82, 2.24) is 9.80 Å². The molecule has 0 unspecified atom stereocenters. The molecule has 66 heavy (non-hydrogen) atoms. The number of unbranched alkanes of at least 4 members (excludes halogenated alkanes) is 8. The van der Waals surface area contributed by atoms with Gasteiger partial charge in [0.25, 0.3) is 23.6 Å². The molecule has 16 heteroatoms.